The largest absolute Gasteiger partial charge is 0.490 e. The molecule has 1 N–H and O–H groups in total. The molecule has 1 amide bonds. The lowest BCUT2D eigenvalue weighted by Crippen LogP contribution is -2.15. The van der Waals surface area contributed by atoms with Crippen molar-refractivity contribution in [1.82, 2.24) is 5.16 Å². The second-order valence-corrected chi connectivity index (χ2v) is 6.49. The summed E-state index contributed by atoms with van der Waals surface area (Å²) in [5.74, 6) is -0.472. The van der Waals surface area contributed by atoms with E-state index in [0.29, 0.717) is 11.5 Å². The highest BCUT2D eigenvalue weighted by molar-refractivity contribution is 5.92. The van der Waals surface area contributed by atoms with E-state index in [4.69, 9.17) is 9.26 Å². The van der Waals surface area contributed by atoms with E-state index in [-0.39, 0.29) is 18.2 Å². The van der Waals surface area contributed by atoms with Crippen molar-refractivity contribution in [3.8, 4) is 17.1 Å². The van der Waals surface area contributed by atoms with E-state index in [0.717, 1.165) is 41.5 Å². The van der Waals surface area contributed by atoms with Gasteiger partial charge in [0.25, 0.3) is 0 Å². The van der Waals surface area contributed by atoms with Crippen molar-refractivity contribution in [2.24, 2.45) is 0 Å². The van der Waals surface area contributed by atoms with Crippen LogP contribution in [0.15, 0.2) is 47.0 Å². The van der Waals surface area contributed by atoms with Crippen LogP contribution in [-0.4, -0.2) is 17.2 Å². The number of ether oxygens (including phenoxy) is 1. The van der Waals surface area contributed by atoms with Gasteiger partial charge >= 0.3 is 0 Å². The summed E-state index contributed by atoms with van der Waals surface area (Å²) in [4.78, 5) is 12.1. The molecule has 1 atom stereocenters. The van der Waals surface area contributed by atoms with Crippen LogP contribution in [0.4, 0.5) is 14.5 Å². The van der Waals surface area contributed by atoms with Gasteiger partial charge < -0.3 is 14.6 Å². The van der Waals surface area contributed by atoms with Gasteiger partial charge in [-0.05, 0) is 42.8 Å². The maximum absolute atomic E-state index is 13.6. The summed E-state index contributed by atoms with van der Waals surface area (Å²) in [6.07, 6.45) is 0.850. The number of carbonyl (C=O) groups excluding carboxylic acids is 1. The monoisotopic (exact) mass is 370 g/mol. The SMILES string of the molecule is CC1Cc2cc(-c3cc(CC(=O)Nc4cc(F)ccc4F)no3)ccc2O1. The molecule has 138 valence electrons. The number of hydrogen-bond acceptors (Lipinski definition) is 4. The lowest BCUT2D eigenvalue weighted by molar-refractivity contribution is -0.115. The number of anilines is 1. The summed E-state index contributed by atoms with van der Waals surface area (Å²) in [5, 5.41) is 6.22. The molecule has 3 aromatic rings. The Morgan fingerprint density at radius 3 is 2.93 bits per heavy atom. The summed E-state index contributed by atoms with van der Waals surface area (Å²) in [7, 11) is 0. The Kier molecular flexibility index (Phi) is 4.35. The molecule has 7 heteroatoms. The van der Waals surface area contributed by atoms with Crippen molar-refractivity contribution < 1.29 is 22.8 Å². The molecule has 27 heavy (non-hydrogen) atoms. The lowest BCUT2D eigenvalue weighted by Gasteiger charge is -2.05. The first-order valence-corrected chi connectivity index (χ1v) is 8.48. The molecule has 4 rings (SSSR count). The van der Waals surface area contributed by atoms with Crippen molar-refractivity contribution in [1.29, 1.82) is 0 Å². The van der Waals surface area contributed by atoms with Crippen molar-refractivity contribution >= 4 is 11.6 Å². The van der Waals surface area contributed by atoms with Crippen LogP contribution in [-0.2, 0) is 17.6 Å². The molecule has 2 heterocycles. The molecule has 0 saturated heterocycles. The maximum Gasteiger partial charge on any atom is 0.230 e. The number of rotatable bonds is 4. The first kappa shape index (κ1) is 17.2. The summed E-state index contributed by atoms with van der Waals surface area (Å²) in [5.41, 5.74) is 2.11. The molecule has 0 bridgehead atoms. The normalized spacial score (nSPS) is 15.3. The number of halogens is 2. The van der Waals surface area contributed by atoms with Crippen molar-refractivity contribution in [3.63, 3.8) is 0 Å². The van der Waals surface area contributed by atoms with Crippen LogP contribution in [0, 0.1) is 11.6 Å². The van der Waals surface area contributed by atoms with Crippen LogP contribution in [0.5, 0.6) is 5.75 Å². The zero-order valence-electron chi connectivity index (χ0n) is 14.5. The summed E-state index contributed by atoms with van der Waals surface area (Å²) in [6.45, 7) is 2.01. The predicted molar refractivity (Wildman–Crippen MR) is 94.4 cm³/mol. The molecular formula is C20H16F2N2O3. The van der Waals surface area contributed by atoms with E-state index >= 15 is 0 Å². The Morgan fingerprint density at radius 1 is 1.22 bits per heavy atom. The van der Waals surface area contributed by atoms with Gasteiger partial charge in [0.1, 0.15) is 23.5 Å². The molecule has 1 aliphatic rings. The topological polar surface area (TPSA) is 64.4 Å². The molecule has 1 aliphatic heterocycles. The Balaban J connectivity index is 1.46. The molecule has 0 saturated carbocycles. The Morgan fingerprint density at radius 2 is 2.07 bits per heavy atom. The van der Waals surface area contributed by atoms with E-state index in [2.05, 4.69) is 10.5 Å². The fourth-order valence-corrected chi connectivity index (χ4v) is 3.06. The van der Waals surface area contributed by atoms with E-state index in [9.17, 15) is 13.6 Å². The van der Waals surface area contributed by atoms with Crippen molar-refractivity contribution in [3.05, 3.63) is 65.4 Å². The third kappa shape index (κ3) is 3.67. The minimum Gasteiger partial charge on any atom is -0.490 e. The third-order valence-corrected chi connectivity index (χ3v) is 4.28. The molecule has 0 radical (unpaired) electrons. The van der Waals surface area contributed by atoms with Gasteiger partial charge in [-0.3, -0.25) is 4.79 Å². The molecule has 0 aliphatic carbocycles. The molecule has 5 nitrogen and oxygen atoms in total. The van der Waals surface area contributed by atoms with Crippen LogP contribution >= 0.6 is 0 Å². The van der Waals surface area contributed by atoms with E-state index in [1.54, 1.807) is 6.07 Å². The number of nitrogens with zero attached hydrogens (tertiary/aromatic N) is 1. The van der Waals surface area contributed by atoms with Gasteiger partial charge in [-0.2, -0.15) is 0 Å². The zero-order valence-corrected chi connectivity index (χ0v) is 14.5. The van der Waals surface area contributed by atoms with Gasteiger partial charge in [0.15, 0.2) is 5.76 Å². The Labute approximate surface area is 153 Å². The third-order valence-electron chi connectivity index (χ3n) is 4.28. The number of fused-ring (bicyclic) bond motifs is 1. The summed E-state index contributed by atoms with van der Waals surface area (Å²) >= 11 is 0. The molecule has 1 unspecified atom stereocenters. The fraction of sp³-hybridized carbons (Fsp3) is 0.200. The highest BCUT2D eigenvalue weighted by Crippen LogP contribution is 2.33. The van der Waals surface area contributed by atoms with E-state index in [1.807, 2.05) is 25.1 Å². The predicted octanol–water partition coefficient (Wildman–Crippen LogP) is 4.12. The van der Waals surface area contributed by atoms with Crippen LogP contribution in [0.1, 0.15) is 18.2 Å². The number of benzene rings is 2. The highest BCUT2D eigenvalue weighted by Gasteiger charge is 2.20. The number of nitrogens with one attached hydrogen (secondary N) is 1. The van der Waals surface area contributed by atoms with Crippen LogP contribution < -0.4 is 10.1 Å². The number of carbonyl (C=O) groups is 1. The number of aromatic nitrogens is 1. The van der Waals surface area contributed by atoms with Crippen LogP contribution in [0.3, 0.4) is 0 Å². The molecule has 1 aromatic heterocycles. The van der Waals surface area contributed by atoms with E-state index < -0.39 is 17.5 Å². The van der Waals surface area contributed by atoms with Crippen molar-refractivity contribution in [2.45, 2.75) is 25.9 Å². The number of hydrogen-bond donors (Lipinski definition) is 1. The number of amides is 1. The average molecular weight is 370 g/mol. The van der Waals surface area contributed by atoms with Crippen molar-refractivity contribution in [2.75, 3.05) is 5.32 Å². The Hall–Kier alpha value is -3.22. The quantitative estimate of drug-likeness (QED) is 0.750. The molecular weight excluding hydrogens is 354 g/mol. The summed E-state index contributed by atoms with van der Waals surface area (Å²) < 4.78 is 37.8. The average Bonchev–Trinajstić information content (AvgIpc) is 3.22. The van der Waals surface area contributed by atoms with Gasteiger partial charge in [-0.15, -0.1) is 0 Å². The fourth-order valence-electron chi connectivity index (χ4n) is 3.06. The first-order chi connectivity index (χ1) is 13.0. The summed E-state index contributed by atoms with van der Waals surface area (Å²) in [6, 6.07) is 10.2. The van der Waals surface area contributed by atoms with Gasteiger partial charge in [-0.1, -0.05) is 5.16 Å². The standard InChI is InChI=1S/C20H16F2N2O3/c1-11-6-13-7-12(2-5-18(13)26-11)19-9-15(24-27-19)10-20(25)23-17-8-14(21)3-4-16(17)22/h2-5,7-9,11H,6,10H2,1H3,(H,23,25). The highest BCUT2D eigenvalue weighted by atomic mass is 19.1. The van der Waals surface area contributed by atoms with Crippen LogP contribution in [0.25, 0.3) is 11.3 Å². The Bertz CT molecular complexity index is 1020. The minimum atomic E-state index is -0.708. The van der Waals surface area contributed by atoms with Gasteiger partial charge in [0.05, 0.1) is 17.8 Å². The van der Waals surface area contributed by atoms with E-state index in [1.165, 1.54) is 0 Å². The molecule has 2 aromatic carbocycles. The maximum atomic E-state index is 13.6. The van der Waals surface area contributed by atoms with Gasteiger partial charge in [0, 0.05) is 24.1 Å². The van der Waals surface area contributed by atoms with Gasteiger partial charge in [0.2, 0.25) is 5.91 Å². The van der Waals surface area contributed by atoms with Crippen LogP contribution in [0.2, 0.25) is 0 Å². The zero-order chi connectivity index (χ0) is 19.0. The minimum absolute atomic E-state index is 0.120. The second kappa shape index (κ2) is 6.83. The van der Waals surface area contributed by atoms with Gasteiger partial charge in [-0.25, -0.2) is 8.78 Å². The second-order valence-electron chi connectivity index (χ2n) is 6.49. The molecule has 0 fully saturated rings. The first-order valence-electron chi connectivity index (χ1n) is 8.48. The smallest absolute Gasteiger partial charge is 0.230 e. The lowest BCUT2D eigenvalue weighted by atomic mass is 10.1. The molecule has 0 spiro atoms.